The quantitative estimate of drug-likeness (QED) is 0.361. The molecule has 6 rings (SSSR count). The number of nitriles is 1. The Morgan fingerprint density at radius 1 is 0.794 bits per heavy atom. The van der Waals surface area contributed by atoms with E-state index >= 15 is 0 Å². The van der Waals surface area contributed by atoms with Gasteiger partial charge in [-0.1, -0.05) is 60.2 Å². The molecule has 3 aromatic carbocycles. The van der Waals surface area contributed by atoms with Gasteiger partial charge in [0.05, 0.1) is 11.0 Å². The van der Waals surface area contributed by atoms with Crippen molar-refractivity contribution in [3.8, 4) is 17.2 Å². The lowest BCUT2D eigenvalue weighted by atomic mass is 10.0. The van der Waals surface area contributed by atoms with Crippen LogP contribution in [0.25, 0.3) is 27.8 Å². The summed E-state index contributed by atoms with van der Waals surface area (Å²) in [6.45, 7) is 5.80. The fourth-order valence-electron chi connectivity index (χ4n) is 4.95. The van der Waals surface area contributed by atoms with Crippen molar-refractivity contribution in [3.05, 3.63) is 96.1 Å². The summed E-state index contributed by atoms with van der Waals surface area (Å²) in [4.78, 5) is 9.78. The zero-order valence-corrected chi connectivity index (χ0v) is 19.1. The van der Waals surface area contributed by atoms with E-state index in [1.165, 1.54) is 11.3 Å². The minimum Gasteiger partial charge on any atom is -0.368 e. The van der Waals surface area contributed by atoms with Crippen molar-refractivity contribution in [2.24, 2.45) is 0 Å². The Morgan fingerprint density at radius 2 is 1.47 bits per heavy atom. The van der Waals surface area contributed by atoms with Gasteiger partial charge in [-0.3, -0.25) is 4.40 Å². The van der Waals surface area contributed by atoms with Crippen molar-refractivity contribution in [1.82, 2.24) is 9.38 Å². The van der Waals surface area contributed by atoms with Crippen LogP contribution in [0.5, 0.6) is 0 Å². The van der Waals surface area contributed by atoms with Crippen LogP contribution in [0.15, 0.2) is 84.9 Å². The largest absolute Gasteiger partial charge is 0.368 e. The number of hydrogen-bond donors (Lipinski definition) is 0. The Morgan fingerprint density at radius 3 is 2.21 bits per heavy atom. The average molecular weight is 444 g/mol. The van der Waals surface area contributed by atoms with Gasteiger partial charge < -0.3 is 9.80 Å². The number of rotatable bonds is 3. The standard InChI is InChI=1S/C29H25N5/c1-21-11-13-23(14-12-21)32-15-17-33(18-16-32)28-19-24(22-7-3-2-4-8-22)25(20-30)29-31-26-9-5-6-10-27(26)34(28)29/h2-14,19H,15-18H2,1H3. The first-order valence-corrected chi connectivity index (χ1v) is 11.7. The number of piperazine rings is 1. The van der Waals surface area contributed by atoms with E-state index in [1.54, 1.807) is 0 Å². The van der Waals surface area contributed by atoms with E-state index in [-0.39, 0.29) is 0 Å². The van der Waals surface area contributed by atoms with Crippen LogP contribution in [0.1, 0.15) is 11.1 Å². The topological polar surface area (TPSA) is 47.6 Å². The summed E-state index contributed by atoms with van der Waals surface area (Å²) in [7, 11) is 0. The van der Waals surface area contributed by atoms with Crippen LogP contribution in [0, 0.1) is 18.3 Å². The molecule has 0 atom stereocenters. The van der Waals surface area contributed by atoms with Gasteiger partial charge in [0.25, 0.3) is 0 Å². The molecule has 5 aromatic rings. The lowest BCUT2D eigenvalue weighted by Crippen LogP contribution is -2.47. The van der Waals surface area contributed by atoms with Crippen molar-refractivity contribution < 1.29 is 0 Å². The number of benzene rings is 3. The Bertz CT molecular complexity index is 1520. The normalized spacial score (nSPS) is 14.0. The molecule has 0 aliphatic carbocycles. The number of fused-ring (bicyclic) bond motifs is 3. The number of hydrogen-bond acceptors (Lipinski definition) is 4. The van der Waals surface area contributed by atoms with Gasteiger partial charge in [0, 0.05) is 37.4 Å². The van der Waals surface area contributed by atoms with Gasteiger partial charge >= 0.3 is 0 Å². The highest BCUT2D eigenvalue weighted by Crippen LogP contribution is 2.35. The van der Waals surface area contributed by atoms with Crippen LogP contribution in [0.3, 0.4) is 0 Å². The maximum Gasteiger partial charge on any atom is 0.158 e. The molecule has 0 amide bonds. The smallest absolute Gasteiger partial charge is 0.158 e. The van der Waals surface area contributed by atoms with Crippen LogP contribution in [0.2, 0.25) is 0 Å². The van der Waals surface area contributed by atoms with Crippen molar-refractivity contribution >= 4 is 28.2 Å². The van der Waals surface area contributed by atoms with Crippen molar-refractivity contribution in [2.45, 2.75) is 6.92 Å². The maximum atomic E-state index is 10.2. The molecule has 1 aliphatic heterocycles. The first-order valence-electron chi connectivity index (χ1n) is 11.7. The third-order valence-corrected chi connectivity index (χ3v) is 6.76. The summed E-state index contributed by atoms with van der Waals surface area (Å²) >= 11 is 0. The second-order valence-corrected chi connectivity index (χ2v) is 8.84. The molecular weight excluding hydrogens is 418 g/mol. The molecular formula is C29H25N5. The van der Waals surface area contributed by atoms with E-state index in [1.807, 2.05) is 36.4 Å². The molecule has 3 heterocycles. The zero-order valence-electron chi connectivity index (χ0n) is 19.1. The summed E-state index contributed by atoms with van der Waals surface area (Å²) in [5, 5.41) is 10.2. The summed E-state index contributed by atoms with van der Waals surface area (Å²) in [6, 6.07) is 31.7. The molecule has 0 spiro atoms. The summed E-state index contributed by atoms with van der Waals surface area (Å²) < 4.78 is 2.17. The van der Waals surface area contributed by atoms with E-state index < -0.39 is 0 Å². The summed E-state index contributed by atoms with van der Waals surface area (Å²) in [5.41, 5.74) is 7.80. The molecule has 0 N–H and O–H groups in total. The van der Waals surface area contributed by atoms with Gasteiger partial charge in [-0.05, 0) is 42.8 Å². The van der Waals surface area contributed by atoms with Gasteiger partial charge in [-0.25, -0.2) is 4.98 Å². The highest BCUT2D eigenvalue weighted by Gasteiger charge is 2.24. The first-order chi connectivity index (χ1) is 16.7. The Kier molecular flexibility index (Phi) is 4.92. The number of aryl methyl sites for hydroxylation is 1. The number of aromatic nitrogens is 2. The zero-order chi connectivity index (χ0) is 23.1. The second-order valence-electron chi connectivity index (χ2n) is 8.84. The molecule has 166 valence electrons. The summed E-state index contributed by atoms with van der Waals surface area (Å²) in [6.07, 6.45) is 0. The number of pyridine rings is 1. The monoisotopic (exact) mass is 443 g/mol. The van der Waals surface area contributed by atoms with Gasteiger partial charge in [0.1, 0.15) is 17.5 Å². The van der Waals surface area contributed by atoms with Gasteiger partial charge in [-0.2, -0.15) is 5.26 Å². The predicted molar refractivity (Wildman–Crippen MR) is 138 cm³/mol. The Hall–Kier alpha value is -4.30. The third kappa shape index (κ3) is 3.36. The van der Waals surface area contributed by atoms with Crippen LogP contribution in [-0.2, 0) is 0 Å². The molecule has 5 nitrogen and oxygen atoms in total. The maximum absolute atomic E-state index is 10.2. The van der Waals surface area contributed by atoms with E-state index in [2.05, 4.69) is 75.7 Å². The minimum absolute atomic E-state index is 0.615. The van der Waals surface area contributed by atoms with Gasteiger partial charge in [-0.15, -0.1) is 0 Å². The average Bonchev–Trinajstić information content (AvgIpc) is 3.28. The number of nitrogens with zero attached hydrogens (tertiary/aromatic N) is 5. The molecule has 0 radical (unpaired) electrons. The third-order valence-electron chi connectivity index (χ3n) is 6.76. The van der Waals surface area contributed by atoms with Crippen molar-refractivity contribution in [3.63, 3.8) is 0 Å². The first kappa shape index (κ1) is 20.3. The molecule has 1 saturated heterocycles. The molecule has 1 aliphatic rings. The fourth-order valence-corrected chi connectivity index (χ4v) is 4.95. The second kappa shape index (κ2) is 8.24. The molecule has 0 saturated carbocycles. The van der Waals surface area contributed by atoms with Crippen LogP contribution >= 0.6 is 0 Å². The van der Waals surface area contributed by atoms with Crippen LogP contribution < -0.4 is 9.80 Å². The number of para-hydroxylation sites is 2. The highest BCUT2D eigenvalue weighted by molar-refractivity contribution is 5.89. The van der Waals surface area contributed by atoms with Crippen molar-refractivity contribution in [2.75, 3.05) is 36.0 Å². The highest BCUT2D eigenvalue weighted by atomic mass is 15.3. The van der Waals surface area contributed by atoms with E-state index in [9.17, 15) is 5.26 Å². The Balaban J connectivity index is 1.47. The van der Waals surface area contributed by atoms with E-state index in [0.717, 1.165) is 59.8 Å². The number of imidazole rings is 1. The molecule has 2 aromatic heterocycles. The van der Waals surface area contributed by atoms with Gasteiger partial charge in [0.15, 0.2) is 5.65 Å². The predicted octanol–water partition coefficient (Wildman–Crippen LogP) is 5.66. The number of anilines is 2. The van der Waals surface area contributed by atoms with E-state index in [4.69, 9.17) is 4.98 Å². The van der Waals surface area contributed by atoms with E-state index in [0.29, 0.717) is 5.56 Å². The molecule has 0 unspecified atom stereocenters. The molecule has 34 heavy (non-hydrogen) atoms. The van der Waals surface area contributed by atoms with Gasteiger partial charge in [0.2, 0.25) is 0 Å². The lowest BCUT2D eigenvalue weighted by molar-refractivity contribution is 0.646. The Labute approximate surface area is 199 Å². The lowest BCUT2D eigenvalue weighted by Gasteiger charge is -2.38. The molecule has 5 heteroatoms. The molecule has 0 bridgehead atoms. The van der Waals surface area contributed by atoms with Crippen molar-refractivity contribution in [1.29, 1.82) is 5.26 Å². The van der Waals surface area contributed by atoms with Crippen LogP contribution in [-0.4, -0.2) is 35.6 Å². The fraction of sp³-hybridized carbons (Fsp3) is 0.172. The minimum atomic E-state index is 0.615. The van der Waals surface area contributed by atoms with Crippen LogP contribution in [0.4, 0.5) is 11.5 Å². The summed E-state index contributed by atoms with van der Waals surface area (Å²) in [5.74, 6) is 1.09. The molecule has 1 fully saturated rings. The SMILES string of the molecule is Cc1ccc(N2CCN(c3cc(-c4ccccc4)c(C#N)c4nc5ccccc5n34)CC2)cc1.